The zero-order valence-electron chi connectivity index (χ0n) is 13.3. The van der Waals surface area contributed by atoms with E-state index in [-0.39, 0.29) is 5.91 Å². The number of aryl methyl sites for hydroxylation is 1. The van der Waals surface area contributed by atoms with Gasteiger partial charge in [0, 0.05) is 51.0 Å². The summed E-state index contributed by atoms with van der Waals surface area (Å²) in [6.45, 7) is 5.43. The van der Waals surface area contributed by atoms with Gasteiger partial charge < -0.3 is 14.7 Å². The first-order chi connectivity index (χ1) is 11.1. The van der Waals surface area contributed by atoms with E-state index in [0.717, 1.165) is 37.0 Å². The summed E-state index contributed by atoms with van der Waals surface area (Å²) in [6.07, 6.45) is 4.92. The first-order valence-corrected chi connectivity index (χ1v) is 8.43. The summed E-state index contributed by atoms with van der Waals surface area (Å²) in [7, 11) is 1.86. The quantitative estimate of drug-likeness (QED) is 0.833. The molecule has 0 bridgehead atoms. The summed E-state index contributed by atoms with van der Waals surface area (Å²) in [4.78, 5) is 31.2. The standard InChI is InChI=1S/C15H20N6OS/c1-12-11-23-15(18-12)21-7-5-20(6-8-21)14(22)10-19(2)13-9-16-3-4-17-13/h3-4,9,11H,5-8,10H2,1-2H3. The summed E-state index contributed by atoms with van der Waals surface area (Å²) in [5.74, 6) is 0.825. The molecule has 0 N–H and O–H groups in total. The zero-order valence-corrected chi connectivity index (χ0v) is 14.2. The van der Waals surface area contributed by atoms with Gasteiger partial charge >= 0.3 is 0 Å². The minimum atomic E-state index is 0.119. The number of thiazole rings is 1. The van der Waals surface area contributed by atoms with Gasteiger partial charge in [0.15, 0.2) is 5.13 Å². The van der Waals surface area contributed by atoms with Crippen LogP contribution in [-0.2, 0) is 4.79 Å². The second kappa shape index (κ2) is 6.91. The fourth-order valence-electron chi connectivity index (χ4n) is 2.51. The van der Waals surface area contributed by atoms with Crippen molar-refractivity contribution in [1.29, 1.82) is 0 Å². The van der Waals surface area contributed by atoms with Gasteiger partial charge in [0.2, 0.25) is 5.91 Å². The molecule has 0 unspecified atom stereocenters. The lowest BCUT2D eigenvalue weighted by atomic mass is 10.3. The number of amides is 1. The van der Waals surface area contributed by atoms with Crippen LogP contribution < -0.4 is 9.80 Å². The van der Waals surface area contributed by atoms with Crippen molar-refractivity contribution in [3.05, 3.63) is 29.7 Å². The molecule has 1 aliphatic heterocycles. The van der Waals surface area contributed by atoms with Crippen LogP contribution >= 0.6 is 11.3 Å². The van der Waals surface area contributed by atoms with Crippen molar-refractivity contribution < 1.29 is 4.79 Å². The third-order valence-electron chi connectivity index (χ3n) is 3.82. The molecule has 122 valence electrons. The number of nitrogens with zero attached hydrogens (tertiary/aromatic N) is 6. The van der Waals surface area contributed by atoms with Crippen molar-refractivity contribution >= 4 is 28.2 Å². The van der Waals surface area contributed by atoms with E-state index in [9.17, 15) is 4.79 Å². The van der Waals surface area contributed by atoms with Gasteiger partial charge in [-0.05, 0) is 6.92 Å². The molecule has 7 nitrogen and oxygen atoms in total. The van der Waals surface area contributed by atoms with E-state index in [1.807, 2.05) is 23.8 Å². The maximum Gasteiger partial charge on any atom is 0.242 e. The van der Waals surface area contributed by atoms with E-state index >= 15 is 0 Å². The van der Waals surface area contributed by atoms with Crippen LogP contribution in [-0.4, -0.2) is 65.5 Å². The predicted octanol–water partition coefficient (Wildman–Crippen LogP) is 1.03. The van der Waals surface area contributed by atoms with Crippen LogP contribution in [0.25, 0.3) is 0 Å². The molecule has 2 aromatic heterocycles. The molecular formula is C15H20N6OS. The third-order valence-corrected chi connectivity index (χ3v) is 4.84. The van der Waals surface area contributed by atoms with Crippen LogP contribution in [0.5, 0.6) is 0 Å². The highest BCUT2D eigenvalue weighted by Crippen LogP contribution is 2.21. The molecular weight excluding hydrogens is 312 g/mol. The molecule has 3 rings (SSSR count). The van der Waals surface area contributed by atoms with Crippen LogP contribution in [0.1, 0.15) is 5.69 Å². The molecule has 0 radical (unpaired) electrons. The fraction of sp³-hybridized carbons (Fsp3) is 0.467. The minimum absolute atomic E-state index is 0.119. The van der Waals surface area contributed by atoms with Crippen molar-refractivity contribution in [3.8, 4) is 0 Å². The third kappa shape index (κ3) is 3.76. The van der Waals surface area contributed by atoms with Crippen LogP contribution in [0.15, 0.2) is 24.0 Å². The van der Waals surface area contributed by atoms with E-state index in [2.05, 4.69) is 25.2 Å². The molecule has 23 heavy (non-hydrogen) atoms. The zero-order chi connectivity index (χ0) is 16.2. The van der Waals surface area contributed by atoms with E-state index in [4.69, 9.17) is 0 Å². The molecule has 0 atom stereocenters. The molecule has 0 saturated carbocycles. The number of piperazine rings is 1. The molecule has 0 aliphatic carbocycles. The molecule has 8 heteroatoms. The van der Waals surface area contributed by atoms with E-state index < -0.39 is 0 Å². The summed E-state index contributed by atoms with van der Waals surface area (Å²) in [6, 6.07) is 0. The molecule has 1 aliphatic rings. The largest absolute Gasteiger partial charge is 0.349 e. The average molecular weight is 332 g/mol. The Morgan fingerprint density at radius 3 is 2.70 bits per heavy atom. The summed E-state index contributed by atoms with van der Waals surface area (Å²) in [5, 5.41) is 3.11. The van der Waals surface area contributed by atoms with Crippen molar-refractivity contribution in [2.24, 2.45) is 0 Å². The topological polar surface area (TPSA) is 65.5 Å². The highest BCUT2D eigenvalue weighted by molar-refractivity contribution is 7.13. The van der Waals surface area contributed by atoms with Gasteiger partial charge in [0.25, 0.3) is 0 Å². The van der Waals surface area contributed by atoms with E-state index in [1.165, 1.54) is 0 Å². The van der Waals surface area contributed by atoms with Gasteiger partial charge in [0.1, 0.15) is 5.82 Å². The van der Waals surface area contributed by atoms with Gasteiger partial charge in [-0.2, -0.15) is 0 Å². The molecule has 0 spiro atoms. The number of rotatable bonds is 4. The van der Waals surface area contributed by atoms with Gasteiger partial charge in [0.05, 0.1) is 18.4 Å². The summed E-state index contributed by atoms with van der Waals surface area (Å²) >= 11 is 1.66. The van der Waals surface area contributed by atoms with Gasteiger partial charge in [-0.1, -0.05) is 0 Å². The van der Waals surface area contributed by atoms with Crippen molar-refractivity contribution in [2.75, 3.05) is 49.6 Å². The van der Waals surface area contributed by atoms with Crippen LogP contribution in [0.2, 0.25) is 0 Å². The number of carbonyl (C=O) groups is 1. The molecule has 3 heterocycles. The average Bonchev–Trinajstić information content (AvgIpc) is 3.02. The number of aromatic nitrogens is 3. The van der Waals surface area contributed by atoms with E-state index in [1.54, 1.807) is 29.9 Å². The monoisotopic (exact) mass is 332 g/mol. The number of hydrogen-bond acceptors (Lipinski definition) is 7. The molecule has 1 amide bonds. The Hall–Kier alpha value is -2.22. The second-order valence-corrected chi connectivity index (χ2v) is 6.40. The van der Waals surface area contributed by atoms with Gasteiger partial charge in [-0.3, -0.25) is 9.78 Å². The first kappa shape index (κ1) is 15.7. The highest BCUT2D eigenvalue weighted by atomic mass is 32.1. The van der Waals surface area contributed by atoms with Crippen molar-refractivity contribution in [1.82, 2.24) is 19.9 Å². The Balaban J connectivity index is 1.52. The van der Waals surface area contributed by atoms with Crippen LogP contribution in [0.4, 0.5) is 10.9 Å². The molecule has 0 aromatic carbocycles. The second-order valence-electron chi connectivity index (χ2n) is 5.56. The highest BCUT2D eigenvalue weighted by Gasteiger charge is 2.23. The Labute approximate surface area is 139 Å². The molecule has 2 aromatic rings. The summed E-state index contributed by atoms with van der Waals surface area (Å²) in [5.41, 5.74) is 1.05. The summed E-state index contributed by atoms with van der Waals surface area (Å²) < 4.78 is 0. The predicted molar refractivity (Wildman–Crippen MR) is 90.9 cm³/mol. The van der Waals surface area contributed by atoms with Crippen molar-refractivity contribution in [3.63, 3.8) is 0 Å². The first-order valence-electron chi connectivity index (χ1n) is 7.55. The van der Waals surface area contributed by atoms with Crippen LogP contribution in [0.3, 0.4) is 0 Å². The van der Waals surface area contributed by atoms with Gasteiger partial charge in [-0.15, -0.1) is 11.3 Å². The number of hydrogen-bond donors (Lipinski definition) is 0. The Morgan fingerprint density at radius 2 is 2.09 bits per heavy atom. The molecule has 1 fully saturated rings. The van der Waals surface area contributed by atoms with Gasteiger partial charge in [-0.25, -0.2) is 9.97 Å². The minimum Gasteiger partial charge on any atom is -0.349 e. The number of anilines is 2. The SMILES string of the molecule is Cc1csc(N2CCN(C(=O)CN(C)c3cnccn3)CC2)n1. The van der Waals surface area contributed by atoms with Crippen molar-refractivity contribution in [2.45, 2.75) is 6.92 Å². The molecule has 1 saturated heterocycles. The number of likely N-dealkylation sites (N-methyl/N-ethyl adjacent to an activating group) is 1. The fourth-order valence-corrected chi connectivity index (χ4v) is 3.36. The maximum absolute atomic E-state index is 12.4. The van der Waals surface area contributed by atoms with Crippen LogP contribution in [0, 0.1) is 6.92 Å². The Kier molecular flexibility index (Phi) is 4.71. The lowest BCUT2D eigenvalue weighted by Gasteiger charge is -2.35. The normalized spacial score (nSPS) is 14.9. The van der Waals surface area contributed by atoms with E-state index in [0.29, 0.717) is 12.4 Å². The maximum atomic E-state index is 12.4. The number of carbonyl (C=O) groups excluding carboxylic acids is 1. The lowest BCUT2D eigenvalue weighted by molar-refractivity contribution is -0.129. The lowest BCUT2D eigenvalue weighted by Crippen LogP contribution is -2.51. The smallest absolute Gasteiger partial charge is 0.242 e. The Morgan fingerprint density at radius 1 is 1.30 bits per heavy atom. The Bertz CT molecular complexity index is 653.